The van der Waals surface area contributed by atoms with E-state index >= 15 is 0 Å². The summed E-state index contributed by atoms with van der Waals surface area (Å²) in [5.74, 6) is 0.487. The van der Waals surface area contributed by atoms with Gasteiger partial charge in [-0.15, -0.1) is 0 Å². The van der Waals surface area contributed by atoms with E-state index in [-0.39, 0.29) is 5.78 Å². The number of ether oxygens (including phenoxy) is 1. The molecule has 0 aliphatic rings. The van der Waals surface area contributed by atoms with Gasteiger partial charge in [-0.1, -0.05) is 54.2 Å². The summed E-state index contributed by atoms with van der Waals surface area (Å²) >= 11 is 1.47. The number of imidazole rings is 1. The van der Waals surface area contributed by atoms with Crippen LogP contribution in [0.5, 0.6) is 0 Å². The smallest absolute Gasteiger partial charge is 0.173 e. The molecular formula is C18H18N2O2S. The van der Waals surface area contributed by atoms with Crippen molar-refractivity contribution in [2.45, 2.75) is 11.7 Å². The molecule has 1 heterocycles. The van der Waals surface area contributed by atoms with Gasteiger partial charge in [0.1, 0.15) is 0 Å². The summed E-state index contributed by atoms with van der Waals surface area (Å²) in [6, 6.07) is 17.4. The summed E-state index contributed by atoms with van der Waals surface area (Å²) in [5, 5.41) is 0.854. The number of thioether (sulfide) groups is 1. The molecule has 0 bridgehead atoms. The highest BCUT2D eigenvalue weighted by Gasteiger charge is 2.13. The molecule has 118 valence electrons. The number of carbonyl (C=O) groups is 1. The lowest BCUT2D eigenvalue weighted by molar-refractivity contribution is 0.102. The van der Waals surface area contributed by atoms with Crippen molar-refractivity contribution in [2.75, 3.05) is 19.5 Å². The Balaban J connectivity index is 1.80. The van der Waals surface area contributed by atoms with Crippen LogP contribution in [0, 0.1) is 0 Å². The van der Waals surface area contributed by atoms with Crippen LogP contribution in [0.4, 0.5) is 0 Å². The second kappa shape index (κ2) is 7.44. The SMILES string of the molecule is COCCn1c(SCC(=O)c2ccccc2)nc2ccccc21. The van der Waals surface area contributed by atoms with E-state index in [1.54, 1.807) is 7.11 Å². The highest BCUT2D eigenvalue weighted by molar-refractivity contribution is 7.99. The van der Waals surface area contributed by atoms with Crippen molar-refractivity contribution in [2.24, 2.45) is 0 Å². The van der Waals surface area contributed by atoms with Crippen LogP contribution in [0.2, 0.25) is 0 Å². The maximum Gasteiger partial charge on any atom is 0.173 e. The number of methoxy groups -OCH3 is 1. The first-order valence-electron chi connectivity index (χ1n) is 7.45. The van der Waals surface area contributed by atoms with E-state index in [4.69, 9.17) is 4.74 Å². The van der Waals surface area contributed by atoms with Crippen molar-refractivity contribution >= 4 is 28.6 Å². The zero-order chi connectivity index (χ0) is 16.1. The van der Waals surface area contributed by atoms with Crippen molar-refractivity contribution in [1.82, 2.24) is 9.55 Å². The summed E-state index contributed by atoms with van der Waals surface area (Å²) in [7, 11) is 1.69. The molecule has 0 aliphatic carbocycles. The standard InChI is InChI=1S/C18H18N2O2S/c1-22-12-11-20-16-10-6-5-9-15(16)19-18(20)23-13-17(21)14-7-3-2-4-8-14/h2-10H,11-13H2,1H3. The quantitative estimate of drug-likeness (QED) is 0.491. The van der Waals surface area contributed by atoms with E-state index in [2.05, 4.69) is 9.55 Å². The van der Waals surface area contributed by atoms with E-state index in [1.165, 1.54) is 11.8 Å². The molecule has 0 N–H and O–H groups in total. The fourth-order valence-electron chi connectivity index (χ4n) is 2.40. The molecule has 0 amide bonds. The number of carbonyl (C=O) groups excluding carboxylic acids is 1. The Morgan fingerprint density at radius 2 is 1.87 bits per heavy atom. The van der Waals surface area contributed by atoms with Gasteiger partial charge in [0.2, 0.25) is 0 Å². The first-order valence-corrected chi connectivity index (χ1v) is 8.43. The number of benzene rings is 2. The Hall–Kier alpha value is -2.11. The molecule has 3 aromatic rings. The summed E-state index contributed by atoms with van der Waals surface area (Å²) in [5.41, 5.74) is 2.75. The minimum atomic E-state index is 0.112. The number of aromatic nitrogens is 2. The Kier molecular flexibility index (Phi) is 5.10. The predicted molar refractivity (Wildman–Crippen MR) is 93.1 cm³/mol. The lowest BCUT2D eigenvalue weighted by Gasteiger charge is -2.08. The topological polar surface area (TPSA) is 44.1 Å². The number of fused-ring (bicyclic) bond motifs is 1. The molecule has 0 aliphatic heterocycles. The zero-order valence-corrected chi connectivity index (χ0v) is 13.8. The third-order valence-electron chi connectivity index (χ3n) is 3.57. The van der Waals surface area contributed by atoms with Gasteiger partial charge in [0.05, 0.1) is 23.4 Å². The number of rotatable bonds is 7. The number of para-hydroxylation sites is 2. The maximum absolute atomic E-state index is 12.3. The largest absolute Gasteiger partial charge is 0.383 e. The van der Waals surface area contributed by atoms with Crippen LogP contribution in [-0.4, -0.2) is 34.8 Å². The predicted octanol–water partition coefficient (Wildman–Crippen LogP) is 3.66. The third kappa shape index (κ3) is 3.63. The van der Waals surface area contributed by atoms with Gasteiger partial charge in [0, 0.05) is 19.2 Å². The Morgan fingerprint density at radius 1 is 1.13 bits per heavy atom. The molecule has 0 unspecified atom stereocenters. The van der Waals surface area contributed by atoms with Gasteiger partial charge in [-0.2, -0.15) is 0 Å². The highest BCUT2D eigenvalue weighted by Crippen LogP contribution is 2.24. The zero-order valence-electron chi connectivity index (χ0n) is 12.9. The molecular weight excluding hydrogens is 308 g/mol. The number of ketones is 1. The highest BCUT2D eigenvalue weighted by atomic mass is 32.2. The van der Waals surface area contributed by atoms with Crippen LogP contribution >= 0.6 is 11.8 Å². The molecule has 4 nitrogen and oxygen atoms in total. The van der Waals surface area contributed by atoms with E-state index in [0.717, 1.165) is 28.3 Å². The molecule has 0 saturated heterocycles. The summed E-state index contributed by atoms with van der Waals surface area (Å²) in [4.78, 5) is 16.9. The fraction of sp³-hybridized carbons (Fsp3) is 0.222. The molecule has 2 aromatic carbocycles. The number of Topliss-reactive ketones (excluding diaryl/α,β-unsaturated/α-hetero) is 1. The van der Waals surface area contributed by atoms with E-state index in [9.17, 15) is 4.79 Å². The first kappa shape index (κ1) is 15.8. The van der Waals surface area contributed by atoms with Crippen LogP contribution in [0.15, 0.2) is 59.8 Å². The molecule has 23 heavy (non-hydrogen) atoms. The van der Waals surface area contributed by atoms with E-state index < -0.39 is 0 Å². The lowest BCUT2D eigenvalue weighted by atomic mass is 10.2. The van der Waals surface area contributed by atoms with Crippen LogP contribution in [0.3, 0.4) is 0 Å². The summed E-state index contributed by atoms with van der Waals surface area (Å²) in [6.07, 6.45) is 0. The van der Waals surface area contributed by atoms with Gasteiger partial charge >= 0.3 is 0 Å². The molecule has 0 fully saturated rings. The molecule has 0 atom stereocenters. The number of nitrogens with zero attached hydrogens (tertiary/aromatic N) is 2. The van der Waals surface area contributed by atoms with Crippen molar-refractivity contribution < 1.29 is 9.53 Å². The van der Waals surface area contributed by atoms with Crippen LogP contribution in [0.1, 0.15) is 10.4 Å². The summed E-state index contributed by atoms with van der Waals surface area (Å²) in [6.45, 7) is 1.33. The van der Waals surface area contributed by atoms with Gasteiger partial charge in [-0.3, -0.25) is 4.79 Å². The van der Waals surface area contributed by atoms with Gasteiger partial charge in [0.15, 0.2) is 10.9 Å². The lowest BCUT2D eigenvalue weighted by Crippen LogP contribution is -2.07. The molecule has 0 spiro atoms. The van der Waals surface area contributed by atoms with Crippen LogP contribution in [-0.2, 0) is 11.3 Å². The van der Waals surface area contributed by atoms with Crippen molar-refractivity contribution in [3.63, 3.8) is 0 Å². The monoisotopic (exact) mass is 326 g/mol. The van der Waals surface area contributed by atoms with Gasteiger partial charge in [0.25, 0.3) is 0 Å². The second-order valence-electron chi connectivity index (χ2n) is 5.11. The fourth-order valence-corrected chi connectivity index (χ4v) is 3.33. The molecule has 1 aromatic heterocycles. The average Bonchev–Trinajstić information content (AvgIpc) is 2.96. The Morgan fingerprint density at radius 3 is 2.65 bits per heavy atom. The maximum atomic E-state index is 12.3. The van der Waals surface area contributed by atoms with Crippen molar-refractivity contribution in [3.8, 4) is 0 Å². The minimum absolute atomic E-state index is 0.112. The second-order valence-corrected chi connectivity index (χ2v) is 6.05. The minimum Gasteiger partial charge on any atom is -0.383 e. The van der Waals surface area contributed by atoms with Gasteiger partial charge in [-0.05, 0) is 12.1 Å². The van der Waals surface area contributed by atoms with Crippen molar-refractivity contribution in [3.05, 3.63) is 60.2 Å². The van der Waals surface area contributed by atoms with E-state index in [0.29, 0.717) is 12.4 Å². The Bertz CT molecular complexity index is 799. The molecule has 3 rings (SSSR count). The molecule has 5 heteroatoms. The molecule has 0 radical (unpaired) electrons. The summed E-state index contributed by atoms with van der Waals surface area (Å²) < 4.78 is 7.30. The first-order chi connectivity index (χ1) is 11.3. The number of hydrogen-bond donors (Lipinski definition) is 0. The van der Waals surface area contributed by atoms with Crippen LogP contribution < -0.4 is 0 Å². The third-order valence-corrected chi connectivity index (χ3v) is 4.54. The van der Waals surface area contributed by atoms with Crippen molar-refractivity contribution in [1.29, 1.82) is 0 Å². The van der Waals surface area contributed by atoms with Gasteiger partial charge in [-0.25, -0.2) is 4.98 Å². The average molecular weight is 326 g/mol. The number of hydrogen-bond acceptors (Lipinski definition) is 4. The molecule has 0 saturated carbocycles. The van der Waals surface area contributed by atoms with Gasteiger partial charge < -0.3 is 9.30 Å². The van der Waals surface area contributed by atoms with E-state index in [1.807, 2.05) is 54.6 Å². The van der Waals surface area contributed by atoms with Crippen LogP contribution in [0.25, 0.3) is 11.0 Å². The normalized spacial score (nSPS) is 11.0. The Labute approximate surface area is 139 Å².